The molecule has 2 N–H and O–H groups in total. The third kappa shape index (κ3) is 2.74. The number of benzene rings is 1. The number of hydrogen-bond acceptors (Lipinski definition) is 3. The van der Waals surface area contributed by atoms with Crippen molar-refractivity contribution in [3.8, 4) is 0 Å². The molecule has 0 spiro atoms. The number of nitrogen functional groups attached to an aromatic ring is 1. The summed E-state index contributed by atoms with van der Waals surface area (Å²) in [5.41, 5.74) is 6.91. The van der Waals surface area contributed by atoms with Crippen molar-refractivity contribution in [1.82, 2.24) is 14.7 Å². The van der Waals surface area contributed by atoms with E-state index in [4.69, 9.17) is 5.73 Å². The number of carbonyl (C=O) groups excluding carboxylic acids is 1. The van der Waals surface area contributed by atoms with E-state index < -0.39 is 0 Å². The third-order valence-corrected chi connectivity index (χ3v) is 3.61. The fourth-order valence-corrected chi connectivity index (χ4v) is 2.37. The standard InChI is InChI=1S/C15H17FN4O/c1-19-9-13(17)14(18-19)15(21)20(11-6-7-11)8-10-4-2-3-5-12(10)16/h2-5,9,11H,6-8,17H2,1H3. The Kier molecular flexibility index (Phi) is 3.37. The van der Waals surface area contributed by atoms with Crippen molar-refractivity contribution in [3.63, 3.8) is 0 Å². The maximum Gasteiger partial charge on any atom is 0.277 e. The van der Waals surface area contributed by atoms with Crippen LogP contribution in [-0.4, -0.2) is 26.6 Å². The van der Waals surface area contributed by atoms with Crippen LogP contribution in [0.15, 0.2) is 30.5 Å². The number of nitrogens with two attached hydrogens (primary N) is 1. The van der Waals surface area contributed by atoms with Crippen molar-refractivity contribution in [3.05, 3.63) is 47.5 Å². The van der Waals surface area contributed by atoms with Gasteiger partial charge in [-0.05, 0) is 18.9 Å². The average Bonchev–Trinajstić information content (AvgIpc) is 3.22. The van der Waals surface area contributed by atoms with E-state index in [0.29, 0.717) is 11.3 Å². The van der Waals surface area contributed by atoms with Gasteiger partial charge in [0.05, 0.1) is 5.69 Å². The van der Waals surface area contributed by atoms with Gasteiger partial charge >= 0.3 is 0 Å². The highest BCUT2D eigenvalue weighted by atomic mass is 19.1. The Morgan fingerprint density at radius 1 is 1.48 bits per heavy atom. The van der Waals surface area contributed by atoms with Gasteiger partial charge in [0.1, 0.15) is 5.82 Å². The number of hydrogen-bond donors (Lipinski definition) is 1. The average molecular weight is 288 g/mol. The second kappa shape index (κ2) is 5.20. The monoisotopic (exact) mass is 288 g/mol. The first kappa shape index (κ1) is 13.6. The predicted molar refractivity (Wildman–Crippen MR) is 76.9 cm³/mol. The van der Waals surface area contributed by atoms with Gasteiger partial charge in [0, 0.05) is 31.4 Å². The largest absolute Gasteiger partial charge is 0.396 e. The van der Waals surface area contributed by atoms with E-state index in [-0.39, 0.29) is 30.0 Å². The molecule has 5 nitrogen and oxygen atoms in total. The Morgan fingerprint density at radius 2 is 2.19 bits per heavy atom. The lowest BCUT2D eigenvalue weighted by Crippen LogP contribution is -2.33. The maximum absolute atomic E-state index is 13.8. The highest BCUT2D eigenvalue weighted by Gasteiger charge is 2.35. The quantitative estimate of drug-likeness (QED) is 0.935. The first-order chi connectivity index (χ1) is 10.1. The van der Waals surface area contributed by atoms with Gasteiger partial charge in [0.15, 0.2) is 5.69 Å². The number of rotatable bonds is 4. The van der Waals surface area contributed by atoms with E-state index in [2.05, 4.69) is 5.10 Å². The molecule has 0 unspecified atom stereocenters. The maximum atomic E-state index is 13.8. The van der Waals surface area contributed by atoms with Crippen molar-refractivity contribution in [2.45, 2.75) is 25.4 Å². The zero-order valence-corrected chi connectivity index (χ0v) is 11.8. The van der Waals surface area contributed by atoms with Crippen LogP contribution in [0.4, 0.5) is 10.1 Å². The number of halogens is 1. The molecule has 110 valence electrons. The summed E-state index contributed by atoms with van der Waals surface area (Å²) in [4.78, 5) is 14.3. The summed E-state index contributed by atoms with van der Waals surface area (Å²) < 4.78 is 15.3. The van der Waals surface area contributed by atoms with Crippen LogP contribution in [0.25, 0.3) is 0 Å². The molecule has 2 aromatic rings. The molecule has 6 heteroatoms. The number of amides is 1. The van der Waals surface area contributed by atoms with E-state index in [0.717, 1.165) is 12.8 Å². The Bertz CT molecular complexity index is 678. The molecule has 1 amide bonds. The molecule has 1 aromatic heterocycles. The van der Waals surface area contributed by atoms with Crippen LogP contribution in [-0.2, 0) is 13.6 Å². The summed E-state index contributed by atoms with van der Waals surface area (Å²) in [6, 6.07) is 6.65. The number of nitrogens with zero attached hydrogens (tertiary/aromatic N) is 3. The molecule has 0 aliphatic heterocycles. The van der Waals surface area contributed by atoms with Crippen LogP contribution in [0.3, 0.4) is 0 Å². The highest BCUT2D eigenvalue weighted by molar-refractivity contribution is 5.97. The Morgan fingerprint density at radius 3 is 2.76 bits per heavy atom. The molecule has 0 radical (unpaired) electrons. The number of carbonyl (C=O) groups is 1. The Hall–Kier alpha value is -2.37. The van der Waals surface area contributed by atoms with Gasteiger partial charge in [-0.25, -0.2) is 4.39 Å². The lowest BCUT2D eigenvalue weighted by molar-refractivity contribution is 0.0722. The van der Waals surface area contributed by atoms with Crippen molar-refractivity contribution in [2.24, 2.45) is 7.05 Å². The van der Waals surface area contributed by atoms with Crippen LogP contribution in [0.2, 0.25) is 0 Å². The molecule has 1 aliphatic carbocycles. The zero-order valence-electron chi connectivity index (χ0n) is 11.8. The summed E-state index contributed by atoms with van der Waals surface area (Å²) in [5.74, 6) is -0.538. The normalized spacial score (nSPS) is 14.2. The van der Waals surface area contributed by atoms with Gasteiger partial charge in [0.2, 0.25) is 0 Å². The molecular formula is C15H17FN4O. The predicted octanol–water partition coefficient (Wildman–Crippen LogP) is 1.95. The van der Waals surface area contributed by atoms with Crippen molar-refractivity contribution >= 4 is 11.6 Å². The number of anilines is 1. The first-order valence-corrected chi connectivity index (χ1v) is 6.89. The summed E-state index contributed by atoms with van der Waals surface area (Å²) >= 11 is 0. The minimum Gasteiger partial charge on any atom is -0.396 e. The molecule has 1 aliphatic rings. The molecule has 0 bridgehead atoms. The SMILES string of the molecule is Cn1cc(N)c(C(=O)N(Cc2ccccc2F)C2CC2)n1. The number of aromatic nitrogens is 2. The van der Waals surface area contributed by atoms with Gasteiger partial charge < -0.3 is 10.6 Å². The molecule has 1 aromatic carbocycles. The summed E-state index contributed by atoms with van der Waals surface area (Å²) in [6.45, 7) is 0.242. The summed E-state index contributed by atoms with van der Waals surface area (Å²) in [6.07, 6.45) is 3.47. The van der Waals surface area contributed by atoms with Crippen molar-refractivity contribution < 1.29 is 9.18 Å². The van der Waals surface area contributed by atoms with Crippen LogP contribution >= 0.6 is 0 Å². The smallest absolute Gasteiger partial charge is 0.277 e. The third-order valence-electron chi connectivity index (χ3n) is 3.61. The lowest BCUT2D eigenvalue weighted by Gasteiger charge is -2.22. The van der Waals surface area contributed by atoms with E-state index in [1.807, 2.05) is 0 Å². The molecular weight excluding hydrogens is 271 g/mol. The second-order valence-corrected chi connectivity index (χ2v) is 5.36. The molecule has 0 atom stereocenters. The minimum atomic E-state index is -0.301. The highest BCUT2D eigenvalue weighted by Crippen LogP contribution is 2.30. The fourth-order valence-electron chi connectivity index (χ4n) is 2.37. The fraction of sp³-hybridized carbons (Fsp3) is 0.333. The van der Waals surface area contributed by atoms with Gasteiger partial charge in [0.25, 0.3) is 5.91 Å². The summed E-state index contributed by atoms with van der Waals surface area (Å²) in [5, 5.41) is 4.11. The lowest BCUT2D eigenvalue weighted by atomic mass is 10.2. The van der Waals surface area contributed by atoms with E-state index in [1.54, 1.807) is 36.3 Å². The van der Waals surface area contributed by atoms with Crippen molar-refractivity contribution in [1.29, 1.82) is 0 Å². The van der Waals surface area contributed by atoms with Crippen LogP contribution < -0.4 is 5.73 Å². The molecule has 21 heavy (non-hydrogen) atoms. The van der Waals surface area contributed by atoms with Crippen LogP contribution in [0.5, 0.6) is 0 Å². The Labute approximate surface area is 122 Å². The topological polar surface area (TPSA) is 64.2 Å². The first-order valence-electron chi connectivity index (χ1n) is 6.89. The van der Waals surface area contributed by atoms with Gasteiger partial charge in [-0.15, -0.1) is 0 Å². The molecule has 0 saturated heterocycles. The number of aryl methyl sites for hydroxylation is 1. The van der Waals surface area contributed by atoms with E-state index in [1.165, 1.54) is 10.7 Å². The minimum absolute atomic E-state index is 0.151. The zero-order chi connectivity index (χ0) is 15.0. The molecule has 1 saturated carbocycles. The van der Waals surface area contributed by atoms with Crippen molar-refractivity contribution in [2.75, 3.05) is 5.73 Å². The van der Waals surface area contributed by atoms with Gasteiger partial charge in [-0.3, -0.25) is 9.48 Å². The molecule has 1 fully saturated rings. The Balaban J connectivity index is 1.87. The van der Waals surface area contributed by atoms with Gasteiger partial charge in [-0.2, -0.15) is 5.10 Å². The van der Waals surface area contributed by atoms with Gasteiger partial charge in [-0.1, -0.05) is 18.2 Å². The van der Waals surface area contributed by atoms with E-state index in [9.17, 15) is 9.18 Å². The van der Waals surface area contributed by atoms with Crippen LogP contribution in [0.1, 0.15) is 28.9 Å². The second-order valence-electron chi connectivity index (χ2n) is 5.36. The molecule has 3 rings (SSSR count). The molecule has 1 heterocycles. The van der Waals surface area contributed by atoms with E-state index >= 15 is 0 Å². The summed E-state index contributed by atoms with van der Waals surface area (Å²) in [7, 11) is 1.71. The van der Waals surface area contributed by atoms with Crippen LogP contribution in [0, 0.1) is 5.82 Å².